The van der Waals surface area contributed by atoms with Gasteiger partial charge in [0.25, 0.3) is 5.56 Å². The third-order valence-electron chi connectivity index (χ3n) is 7.38. The molecule has 0 unspecified atom stereocenters. The fraction of sp³-hybridized carbons (Fsp3) is 0.139. The second-order valence-corrected chi connectivity index (χ2v) is 10.7. The van der Waals surface area contributed by atoms with Crippen molar-refractivity contribution in [3.8, 4) is 22.9 Å². The molecule has 0 radical (unpaired) electrons. The average molecular weight is 613 g/mol. The largest absolute Gasteiger partial charge is 0.457 e. The fourth-order valence-electron chi connectivity index (χ4n) is 5.08. The van der Waals surface area contributed by atoms with Gasteiger partial charge in [0.2, 0.25) is 11.8 Å². The third-order valence-corrected chi connectivity index (χ3v) is 7.38. The zero-order valence-corrected chi connectivity index (χ0v) is 25.0. The Balaban J connectivity index is 1.08. The Morgan fingerprint density at radius 3 is 2.35 bits per heavy atom. The summed E-state index contributed by atoms with van der Waals surface area (Å²) in [6, 6.07) is 30.2. The van der Waals surface area contributed by atoms with Crippen LogP contribution in [0.4, 0.5) is 5.69 Å². The quantitative estimate of drug-likeness (QED) is 0.159. The highest BCUT2D eigenvalue weighted by Gasteiger charge is 2.17. The highest BCUT2D eigenvalue weighted by atomic mass is 16.5. The van der Waals surface area contributed by atoms with E-state index in [4.69, 9.17) is 4.74 Å². The summed E-state index contributed by atoms with van der Waals surface area (Å²) in [5.74, 6) is 1.15. The molecule has 230 valence electrons. The molecule has 6 aromatic rings. The molecule has 3 aromatic heterocycles. The molecule has 2 amide bonds. The van der Waals surface area contributed by atoms with Gasteiger partial charge in [-0.15, -0.1) is 0 Å². The first-order valence-corrected chi connectivity index (χ1v) is 15.0. The number of ether oxygens (including phenoxy) is 1. The van der Waals surface area contributed by atoms with E-state index in [2.05, 4.69) is 25.6 Å². The SMILES string of the molecule is O=C(Cn1c(-c2ccccc2)ncc(NC(=O)CCCc2ccc(Oc3ccccc3)cc2)c1=O)NCc1cc2cnccc2[nH]1. The van der Waals surface area contributed by atoms with Gasteiger partial charge in [0.1, 0.15) is 29.6 Å². The van der Waals surface area contributed by atoms with Crippen LogP contribution in [-0.2, 0) is 29.1 Å². The summed E-state index contributed by atoms with van der Waals surface area (Å²) in [6.45, 7) is -0.0267. The second-order valence-electron chi connectivity index (χ2n) is 10.7. The molecule has 0 bridgehead atoms. The fourth-order valence-corrected chi connectivity index (χ4v) is 5.08. The lowest BCUT2D eigenvalue weighted by Gasteiger charge is -2.14. The van der Waals surface area contributed by atoms with Gasteiger partial charge < -0.3 is 20.4 Å². The van der Waals surface area contributed by atoms with Gasteiger partial charge in [-0.1, -0.05) is 60.7 Å². The number of benzene rings is 3. The van der Waals surface area contributed by atoms with E-state index in [1.807, 2.05) is 97.1 Å². The van der Waals surface area contributed by atoms with Crippen molar-refractivity contribution >= 4 is 28.4 Å². The Labute approximate surface area is 265 Å². The number of rotatable bonds is 12. The Morgan fingerprint density at radius 2 is 1.59 bits per heavy atom. The predicted octanol–water partition coefficient (Wildman–Crippen LogP) is 5.86. The molecule has 46 heavy (non-hydrogen) atoms. The molecule has 6 rings (SSSR count). The molecule has 0 fully saturated rings. The zero-order chi connectivity index (χ0) is 31.7. The monoisotopic (exact) mass is 612 g/mol. The van der Waals surface area contributed by atoms with E-state index in [-0.39, 0.29) is 37.0 Å². The zero-order valence-electron chi connectivity index (χ0n) is 25.0. The van der Waals surface area contributed by atoms with Gasteiger partial charge in [-0.3, -0.25) is 23.9 Å². The van der Waals surface area contributed by atoms with Crippen LogP contribution in [-0.4, -0.2) is 31.3 Å². The number of nitrogens with one attached hydrogen (secondary N) is 3. The van der Waals surface area contributed by atoms with E-state index in [0.29, 0.717) is 24.2 Å². The standard InChI is InChI=1S/C36H32N6O4/c43-33(13-7-8-25-14-16-30(17-15-25)46-29-11-5-2-6-12-29)41-32-23-39-35(26-9-3-1-4-10-26)42(36(32)45)24-34(44)38-22-28-20-27-21-37-19-18-31(27)40-28/h1-6,9-12,14-21,23,40H,7-8,13,22,24H2,(H,38,44)(H,41,43). The molecular weight excluding hydrogens is 580 g/mol. The Kier molecular flexibility index (Phi) is 9.25. The normalized spacial score (nSPS) is 10.9. The van der Waals surface area contributed by atoms with Gasteiger partial charge in [0.05, 0.1) is 12.7 Å². The van der Waals surface area contributed by atoms with Gasteiger partial charge in [-0.2, -0.15) is 0 Å². The van der Waals surface area contributed by atoms with Crippen molar-refractivity contribution in [1.82, 2.24) is 24.8 Å². The molecular formula is C36H32N6O4. The minimum absolute atomic E-state index is 0.0167. The Hall–Kier alpha value is -6.03. The number of para-hydroxylation sites is 1. The van der Waals surface area contributed by atoms with Crippen molar-refractivity contribution in [2.75, 3.05) is 5.32 Å². The van der Waals surface area contributed by atoms with Gasteiger partial charge in [-0.05, 0) is 54.8 Å². The van der Waals surface area contributed by atoms with Crippen molar-refractivity contribution in [1.29, 1.82) is 0 Å². The minimum Gasteiger partial charge on any atom is -0.457 e. The predicted molar refractivity (Wildman–Crippen MR) is 176 cm³/mol. The molecule has 3 N–H and O–H groups in total. The van der Waals surface area contributed by atoms with E-state index in [0.717, 1.165) is 33.7 Å². The number of amides is 2. The summed E-state index contributed by atoms with van der Waals surface area (Å²) in [4.78, 5) is 51.3. The molecule has 0 spiro atoms. The Morgan fingerprint density at radius 1 is 0.848 bits per heavy atom. The summed E-state index contributed by atoms with van der Waals surface area (Å²) in [6.07, 6.45) is 6.26. The molecule has 0 aliphatic carbocycles. The maximum atomic E-state index is 13.6. The number of hydrogen-bond acceptors (Lipinski definition) is 6. The van der Waals surface area contributed by atoms with Crippen LogP contribution >= 0.6 is 0 Å². The maximum Gasteiger partial charge on any atom is 0.278 e. The lowest BCUT2D eigenvalue weighted by molar-refractivity contribution is -0.121. The molecule has 0 saturated heterocycles. The van der Waals surface area contributed by atoms with Crippen LogP contribution in [0.5, 0.6) is 11.5 Å². The smallest absolute Gasteiger partial charge is 0.278 e. The van der Waals surface area contributed by atoms with Crippen LogP contribution in [0.3, 0.4) is 0 Å². The van der Waals surface area contributed by atoms with E-state index in [9.17, 15) is 14.4 Å². The maximum absolute atomic E-state index is 13.6. The number of nitrogens with zero attached hydrogens (tertiary/aromatic N) is 3. The number of pyridine rings is 1. The van der Waals surface area contributed by atoms with Gasteiger partial charge >= 0.3 is 0 Å². The van der Waals surface area contributed by atoms with E-state index in [1.54, 1.807) is 12.4 Å². The number of fused-ring (bicyclic) bond motifs is 1. The minimum atomic E-state index is -0.511. The van der Waals surface area contributed by atoms with Crippen LogP contribution in [0.15, 0.2) is 120 Å². The first-order valence-electron chi connectivity index (χ1n) is 15.0. The van der Waals surface area contributed by atoms with Crippen LogP contribution in [0.25, 0.3) is 22.3 Å². The van der Waals surface area contributed by atoms with E-state index < -0.39 is 5.56 Å². The summed E-state index contributed by atoms with van der Waals surface area (Å²) in [5, 5.41) is 6.50. The van der Waals surface area contributed by atoms with Gasteiger partial charge in [0.15, 0.2) is 0 Å². The number of hydrogen-bond donors (Lipinski definition) is 3. The highest BCUT2D eigenvalue weighted by Crippen LogP contribution is 2.22. The number of carbonyl (C=O) groups excluding carboxylic acids is 2. The number of H-pyrrole nitrogens is 1. The summed E-state index contributed by atoms with van der Waals surface area (Å²) in [5.41, 5.74) is 2.97. The summed E-state index contributed by atoms with van der Waals surface area (Å²) in [7, 11) is 0. The molecule has 0 atom stereocenters. The van der Waals surface area contributed by atoms with Crippen LogP contribution in [0.2, 0.25) is 0 Å². The van der Waals surface area contributed by atoms with Crippen LogP contribution < -0.4 is 20.9 Å². The first-order chi connectivity index (χ1) is 22.5. The van der Waals surface area contributed by atoms with E-state index in [1.165, 1.54) is 10.8 Å². The highest BCUT2D eigenvalue weighted by molar-refractivity contribution is 5.90. The second kappa shape index (κ2) is 14.2. The van der Waals surface area contributed by atoms with Crippen molar-refractivity contribution < 1.29 is 14.3 Å². The first kappa shape index (κ1) is 30.0. The van der Waals surface area contributed by atoms with Crippen molar-refractivity contribution in [2.24, 2.45) is 0 Å². The third kappa shape index (κ3) is 7.54. The molecule has 0 aliphatic rings. The number of carbonyl (C=O) groups is 2. The van der Waals surface area contributed by atoms with Crippen molar-refractivity contribution in [3.05, 3.63) is 137 Å². The number of aromatic amines is 1. The van der Waals surface area contributed by atoms with Crippen molar-refractivity contribution in [3.63, 3.8) is 0 Å². The molecule has 0 aliphatic heterocycles. The van der Waals surface area contributed by atoms with Crippen LogP contribution in [0, 0.1) is 0 Å². The number of aryl methyl sites for hydroxylation is 1. The molecule has 3 heterocycles. The van der Waals surface area contributed by atoms with Gasteiger partial charge in [0, 0.05) is 41.0 Å². The summed E-state index contributed by atoms with van der Waals surface area (Å²) < 4.78 is 7.12. The molecule has 10 nitrogen and oxygen atoms in total. The number of anilines is 1. The topological polar surface area (TPSA) is 131 Å². The molecule has 0 saturated carbocycles. The molecule has 10 heteroatoms. The lowest BCUT2D eigenvalue weighted by atomic mass is 10.1. The number of aromatic nitrogens is 4. The lowest BCUT2D eigenvalue weighted by Crippen LogP contribution is -2.35. The van der Waals surface area contributed by atoms with Crippen LogP contribution in [0.1, 0.15) is 24.1 Å². The summed E-state index contributed by atoms with van der Waals surface area (Å²) >= 11 is 0. The molecule has 3 aromatic carbocycles. The Bertz CT molecular complexity index is 1970. The average Bonchev–Trinajstić information content (AvgIpc) is 3.51. The van der Waals surface area contributed by atoms with Crippen molar-refractivity contribution in [2.45, 2.75) is 32.4 Å². The van der Waals surface area contributed by atoms with Gasteiger partial charge in [-0.25, -0.2) is 4.98 Å². The van der Waals surface area contributed by atoms with E-state index >= 15 is 0 Å².